The lowest BCUT2D eigenvalue weighted by atomic mass is 9.98. The van der Waals surface area contributed by atoms with Gasteiger partial charge in [-0.05, 0) is 31.0 Å². The maximum Gasteiger partial charge on any atom is 0.125 e. The fraction of sp³-hybridized carbons (Fsp3) is 0.357. The van der Waals surface area contributed by atoms with E-state index in [0.29, 0.717) is 5.75 Å². The Morgan fingerprint density at radius 3 is 2.61 bits per heavy atom. The number of hydrogen-bond acceptors (Lipinski definition) is 3. The number of aryl methyl sites for hydroxylation is 3. The molecule has 0 aliphatic carbocycles. The van der Waals surface area contributed by atoms with E-state index in [0.717, 1.165) is 22.4 Å². The molecule has 1 atom stereocenters. The van der Waals surface area contributed by atoms with Crippen LogP contribution in [0.15, 0.2) is 24.7 Å². The summed E-state index contributed by atoms with van der Waals surface area (Å²) in [5, 5.41) is 10.5. The van der Waals surface area contributed by atoms with E-state index >= 15 is 0 Å². The van der Waals surface area contributed by atoms with Gasteiger partial charge in [-0.3, -0.25) is 0 Å². The lowest BCUT2D eigenvalue weighted by Crippen LogP contribution is -2.09. The first-order chi connectivity index (χ1) is 8.54. The van der Waals surface area contributed by atoms with Crippen molar-refractivity contribution in [3.8, 4) is 5.75 Å². The molecule has 0 saturated heterocycles. The van der Waals surface area contributed by atoms with Gasteiger partial charge in [-0.1, -0.05) is 6.07 Å². The molecule has 0 saturated carbocycles. The maximum atomic E-state index is 10.5. The average Bonchev–Trinajstić information content (AvgIpc) is 2.73. The average molecular weight is 246 g/mol. The first-order valence-electron chi connectivity index (χ1n) is 5.84. The zero-order valence-corrected chi connectivity index (χ0v) is 11.1. The molecule has 0 radical (unpaired) electrons. The molecule has 1 unspecified atom stereocenters. The van der Waals surface area contributed by atoms with Gasteiger partial charge in [0.2, 0.25) is 0 Å². The van der Waals surface area contributed by atoms with Gasteiger partial charge in [-0.25, -0.2) is 4.98 Å². The summed E-state index contributed by atoms with van der Waals surface area (Å²) in [5.74, 6) is 0.709. The van der Waals surface area contributed by atoms with Crippen LogP contribution in [-0.4, -0.2) is 21.8 Å². The number of aliphatic hydroxyl groups is 1. The largest absolute Gasteiger partial charge is 0.496 e. The SMILES string of the molecule is COc1cc(C)cc(C)c1C(O)c1cncn1C. The molecule has 96 valence electrons. The normalized spacial score (nSPS) is 12.5. The summed E-state index contributed by atoms with van der Waals surface area (Å²) < 4.78 is 7.19. The molecule has 1 heterocycles. The Balaban J connectivity index is 2.54. The van der Waals surface area contributed by atoms with Crippen LogP contribution in [-0.2, 0) is 7.05 Å². The second kappa shape index (κ2) is 4.82. The molecule has 0 spiro atoms. The smallest absolute Gasteiger partial charge is 0.125 e. The van der Waals surface area contributed by atoms with Crippen molar-refractivity contribution in [3.63, 3.8) is 0 Å². The van der Waals surface area contributed by atoms with Gasteiger partial charge in [-0.2, -0.15) is 0 Å². The molecule has 1 N–H and O–H groups in total. The lowest BCUT2D eigenvalue weighted by molar-refractivity contribution is 0.205. The predicted molar refractivity (Wildman–Crippen MR) is 69.7 cm³/mol. The standard InChI is InChI=1S/C14H18N2O2/c1-9-5-10(2)13(12(6-9)18-4)14(17)11-7-15-8-16(11)3/h5-8,14,17H,1-4H3. The number of nitrogens with zero attached hydrogens (tertiary/aromatic N) is 2. The van der Waals surface area contributed by atoms with Crippen molar-refractivity contribution in [1.82, 2.24) is 9.55 Å². The molecule has 0 amide bonds. The van der Waals surface area contributed by atoms with Gasteiger partial charge >= 0.3 is 0 Å². The number of imidazole rings is 1. The molecule has 1 aromatic carbocycles. The van der Waals surface area contributed by atoms with Crippen LogP contribution >= 0.6 is 0 Å². The zero-order chi connectivity index (χ0) is 13.3. The summed E-state index contributed by atoms with van der Waals surface area (Å²) in [7, 11) is 3.48. The molecule has 0 aliphatic rings. The molecule has 0 bridgehead atoms. The Labute approximate surface area is 107 Å². The van der Waals surface area contributed by atoms with Gasteiger partial charge in [0.15, 0.2) is 0 Å². The monoisotopic (exact) mass is 246 g/mol. The molecule has 1 aromatic heterocycles. The van der Waals surface area contributed by atoms with Crippen LogP contribution in [0.25, 0.3) is 0 Å². The summed E-state index contributed by atoms with van der Waals surface area (Å²) in [5.41, 5.74) is 3.68. The van der Waals surface area contributed by atoms with Crippen LogP contribution in [0.1, 0.15) is 28.5 Å². The molecule has 2 rings (SSSR count). The van der Waals surface area contributed by atoms with Gasteiger partial charge in [0, 0.05) is 12.6 Å². The Kier molecular flexibility index (Phi) is 3.39. The highest BCUT2D eigenvalue weighted by Crippen LogP contribution is 2.33. The molecule has 2 aromatic rings. The van der Waals surface area contributed by atoms with E-state index in [-0.39, 0.29) is 0 Å². The van der Waals surface area contributed by atoms with E-state index in [1.54, 1.807) is 19.6 Å². The summed E-state index contributed by atoms with van der Waals surface area (Å²) in [6.07, 6.45) is 2.62. The minimum absolute atomic E-state index is 0.709. The van der Waals surface area contributed by atoms with Crippen molar-refractivity contribution in [2.45, 2.75) is 20.0 Å². The van der Waals surface area contributed by atoms with E-state index in [1.165, 1.54) is 0 Å². The highest BCUT2D eigenvalue weighted by molar-refractivity contribution is 5.46. The highest BCUT2D eigenvalue weighted by Gasteiger charge is 2.20. The number of hydrogen-bond donors (Lipinski definition) is 1. The van der Waals surface area contributed by atoms with Crippen molar-refractivity contribution in [3.05, 3.63) is 47.0 Å². The van der Waals surface area contributed by atoms with Gasteiger partial charge < -0.3 is 14.4 Å². The minimum atomic E-state index is -0.729. The van der Waals surface area contributed by atoms with Crippen LogP contribution in [0, 0.1) is 13.8 Å². The molecule has 4 heteroatoms. The highest BCUT2D eigenvalue weighted by atomic mass is 16.5. The van der Waals surface area contributed by atoms with E-state index < -0.39 is 6.10 Å². The molecule has 0 aliphatic heterocycles. The second-order valence-electron chi connectivity index (χ2n) is 4.53. The molecular weight excluding hydrogens is 228 g/mol. The molecular formula is C14H18N2O2. The van der Waals surface area contributed by atoms with Crippen LogP contribution < -0.4 is 4.74 Å². The maximum absolute atomic E-state index is 10.5. The van der Waals surface area contributed by atoms with Gasteiger partial charge in [-0.15, -0.1) is 0 Å². The van der Waals surface area contributed by atoms with Gasteiger partial charge in [0.1, 0.15) is 11.9 Å². The van der Waals surface area contributed by atoms with Crippen LogP contribution in [0.3, 0.4) is 0 Å². The third-order valence-corrected chi connectivity index (χ3v) is 3.12. The number of benzene rings is 1. The van der Waals surface area contributed by atoms with E-state index in [2.05, 4.69) is 4.98 Å². The summed E-state index contributed by atoms with van der Waals surface area (Å²) in [6, 6.07) is 3.97. The van der Waals surface area contributed by atoms with Crippen molar-refractivity contribution in [1.29, 1.82) is 0 Å². The number of methoxy groups -OCH3 is 1. The fourth-order valence-electron chi connectivity index (χ4n) is 2.24. The lowest BCUT2D eigenvalue weighted by Gasteiger charge is -2.18. The molecule has 4 nitrogen and oxygen atoms in total. The third kappa shape index (κ3) is 2.11. The predicted octanol–water partition coefficient (Wildman–Crippen LogP) is 2.13. The Morgan fingerprint density at radius 2 is 2.06 bits per heavy atom. The molecule has 18 heavy (non-hydrogen) atoms. The van der Waals surface area contributed by atoms with Crippen molar-refractivity contribution in [2.75, 3.05) is 7.11 Å². The summed E-state index contributed by atoms with van der Waals surface area (Å²) in [4.78, 5) is 4.03. The number of aliphatic hydroxyl groups excluding tert-OH is 1. The minimum Gasteiger partial charge on any atom is -0.496 e. The van der Waals surface area contributed by atoms with Crippen LogP contribution in [0.2, 0.25) is 0 Å². The Hall–Kier alpha value is -1.81. The number of rotatable bonds is 3. The number of ether oxygens (including phenoxy) is 1. The van der Waals surface area contributed by atoms with Crippen molar-refractivity contribution >= 4 is 0 Å². The van der Waals surface area contributed by atoms with Crippen LogP contribution in [0.5, 0.6) is 5.75 Å². The third-order valence-electron chi connectivity index (χ3n) is 3.12. The van der Waals surface area contributed by atoms with Crippen LogP contribution in [0.4, 0.5) is 0 Å². The fourth-order valence-corrected chi connectivity index (χ4v) is 2.24. The number of aromatic nitrogens is 2. The van der Waals surface area contributed by atoms with Gasteiger partial charge in [0.05, 0.1) is 25.3 Å². The first-order valence-corrected chi connectivity index (χ1v) is 5.84. The topological polar surface area (TPSA) is 47.3 Å². The zero-order valence-electron chi connectivity index (χ0n) is 11.1. The Bertz CT molecular complexity index is 561. The van der Waals surface area contributed by atoms with Gasteiger partial charge in [0.25, 0.3) is 0 Å². The quantitative estimate of drug-likeness (QED) is 0.902. The summed E-state index contributed by atoms with van der Waals surface area (Å²) >= 11 is 0. The molecule has 0 fully saturated rings. The van der Waals surface area contributed by atoms with E-state index in [4.69, 9.17) is 4.74 Å². The Morgan fingerprint density at radius 1 is 1.33 bits per heavy atom. The second-order valence-corrected chi connectivity index (χ2v) is 4.53. The van der Waals surface area contributed by atoms with Crippen molar-refractivity contribution < 1.29 is 9.84 Å². The van der Waals surface area contributed by atoms with E-state index in [1.807, 2.05) is 37.6 Å². The van der Waals surface area contributed by atoms with E-state index in [9.17, 15) is 5.11 Å². The van der Waals surface area contributed by atoms with Crippen molar-refractivity contribution in [2.24, 2.45) is 7.05 Å². The summed E-state index contributed by atoms with van der Waals surface area (Å²) in [6.45, 7) is 3.99. The first kappa shape index (κ1) is 12.6.